The van der Waals surface area contributed by atoms with Crippen LogP contribution in [-0.4, -0.2) is 11.7 Å². The van der Waals surface area contributed by atoms with E-state index in [4.69, 9.17) is 0 Å². The van der Waals surface area contributed by atoms with Gasteiger partial charge in [-0.05, 0) is 37.8 Å². The van der Waals surface area contributed by atoms with Gasteiger partial charge in [0.15, 0.2) is 0 Å². The van der Waals surface area contributed by atoms with Gasteiger partial charge in [-0.2, -0.15) is 0 Å². The van der Waals surface area contributed by atoms with Crippen molar-refractivity contribution >= 4 is 17.4 Å². The van der Waals surface area contributed by atoms with E-state index in [2.05, 4.69) is 5.32 Å². The standard InChI is InChI=1S/C16H18FNO2/c17-13-6-1-2-7-14(13)18-16(20)12-8-10-4-3-5-11(9-12)15(10)19/h1-2,6-7,10-12H,3-5,8-9H2,(H,18,20). The van der Waals surface area contributed by atoms with Gasteiger partial charge in [0.25, 0.3) is 0 Å². The molecule has 1 aromatic rings. The lowest BCUT2D eigenvalue weighted by Crippen LogP contribution is -2.40. The maximum atomic E-state index is 13.5. The lowest BCUT2D eigenvalue weighted by Gasteiger charge is -2.36. The van der Waals surface area contributed by atoms with Crippen LogP contribution in [0.4, 0.5) is 10.1 Å². The van der Waals surface area contributed by atoms with Crippen LogP contribution in [0, 0.1) is 23.6 Å². The van der Waals surface area contributed by atoms with Crippen LogP contribution in [0.2, 0.25) is 0 Å². The molecule has 1 amide bonds. The minimum atomic E-state index is -0.423. The monoisotopic (exact) mass is 275 g/mol. The Morgan fingerprint density at radius 2 is 1.80 bits per heavy atom. The molecule has 0 radical (unpaired) electrons. The number of fused-ring (bicyclic) bond motifs is 2. The summed E-state index contributed by atoms with van der Waals surface area (Å²) >= 11 is 0. The molecule has 1 N–H and O–H groups in total. The quantitative estimate of drug-likeness (QED) is 0.901. The lowest BCUT2D eigenvalue weighted by atomic mass is 9.67. The number of hydrogen-bond donors (Lipinski definition) is 1. The van der Waals surface area contributed by atoms with Crippen LogP contribution in [0.3, 0.4) is 0 Å². The minimum absolute atomic E-state index is 0.0406. The molecule has 2 fully saturated rings. The third-order valence-electron chi connectivity index (χ3n) is 4.55. The van der Waals surface area contributed by atoms with Gasteiger partial charge >= 0.3 is 0 Å². The van der Waals surface area contributed by atoms with E-state index in [0.29, 0.717) is 18.6 Å². The molecule has 0 spiro atoms. The molecule has 0 aromatic heterocycles. The molecule has 2 unspecified atom stereocenters. The second-order valence-electron chi connectivity index (χ2n) is 5.86. The number of Topliss-reactive ketones (excluding diaryl/α,β-unsaturated/α-hetero) is 1. The van der Waals surface area contributed by atoms with Gasteiger partial charge in [0.1, 0.15) is 11.6 Å². The number of benzene rings is 1. The maximum absolute atomic E-state index is 13.5. The molecule has 20 heavy (non-hydrogen) atoms. The number of hydrogen-bond acceptors (Lipinski definition) is 2. The molecule has 2 bridgehead atoms. The summed E-state index contributed by atoms with van der Waals surface area (Å²) in [6.07, 6.45) is 4.13. The van der Waals surface area contributed by atoms with Crippen molar-refractivity contribution in [3.63, 3.8) is 0 Å². The van der Waals surface area contributed by atoms with E-state index in [0.717, 1.165) is 19.3 Å². The van der Waals surface area contributed by atoms with Crippen LogP contribution < -0.4 is 5.32 Å². The van der Waals surface area contributed by atoms with E-state index in [1.54, 1.807) is 18.2 Å². The molecule has 2 aliphatic carbocycles. The van der Waals surface area contributed by atoms with Crippen molar-refractivity contribution in [2.24, 2.45) is 17.8 Å². The summed E-state index contributed by atoms with van der Waals surface area (Å²) in [7, 11) is 0. The molecule has 106 valence electrons. The fourth-order valence-electron chi connectivity index (χ4n) is 3.49. The highest BCUT2D eigenvalue weighted by atomic mass is 19.1. The molecule has 2 aliphatic rings. The third kappa shape index (κ3) is 2.47. The van der Waals surface area contributed by atoms with Crippen molar-refractivity contribution in [1.82, 2.24) is 0 Å². The first kappa shape index (κ1) is 13.3. The van der Waals surface area contributed by atoms with Crippen molar-refractivity contribution < 1.29 is 14.0 Å². The Hall–Kier alpha value is -1.71. The van der Waals surface area contributed by atoms with E-state index >= 15 is 0 Å². The molecular weight excluding hydrogens is 257 g/mol. The summed E-state index contributed by atoms with van der Waals surface area (Å²) in [5, 5.41) is 2.66. The Morgan fingerprint density at radius 3 is 2.45 bits per heavy atom. The van der Waals surface area contributed by atoms with Crippen molar-refractivity contribution in [2.45, 2.75) is 32.1 Å². The fraction of sp³-hybridized carbons (Fsp3) is 0.500. The smallest absolute Gasteiger partial charge is 0.227 e. The van der Waals surface area contributed by atoms with Crippen LogP contribution in [-0.2, 0) is 9.59 Å². The van der Waals surface area contributed by atoms with Crippen LogP contribution in [0.5, 0.6) is 0 Å². The average molecular weight is 275 g/mol. The molecule has 0 saturated heterocycles. The van der Waals surface area contributed by atoms with Gasteiger partial charge in [-0.1, -0.05) is 18.6 Å². The summed E-state index contributed by atoms with van der Waals surface area (Å²) in [6.45, 7) is 0. The number of nitrogens with one attached hydrogen (secondary N) is 1. The van der Waals surface area contributed by atoms with E-state index in [9.17, 15) is 14.0 Å². The average Bonchev–Trinajstić information content (AvgIpc) is 2.41. The highest BCUT2D eigenvalue weighted by Crippen LogP contribution is 2.40. The Morgan fingerprint density at radius 1 is 1.15 bits per heavy atom. The van der Waals surface area contributed by atoms with Crippen molar-refractivity contribution in [3.8, 4) is 0 Å². The molecule has 2 saturated carbocycles. The fourth-order valence-corrected chi connectivity index (χ4v) is 3.49. The normalized spacial score (nSPS) is 29.1. The molecular formula is C16H18FNO2. The number of ketones is 1. The number of amides is 1. The van der Waals surface area contributed by atoms with Gasteiger partial charge in [-0.15, -0.1) is 0 Å². The molecule has 0 heterocycles. The SMILES string of the molecule is O=C(Nc1ccccc1F)C1CC2CCCC(C1)C2=O. The van der Waals surface area contributed by atoms with Gasteiger partial charge in [0.2, 0.25) is 5.91 Å². The summed E-state index contributed by atoms with van der Waals surface area (Å²) in [5.41, 5.74) is 0.222. The Bertz CT molecular complexity index is 527. The Balaban J connectivity index is 1.69. The number of carbonyl (C=O) groups is 2. The zero-order chi connectivity index (χ0) is 14.1. The molecule has 2 atom stereocenters. The second-order valence-corrected chi connectivity index (χ2v) is 5.86. The van der Waals surface area contributed by atoms with Crippen molar-refractivity contribution in [2.75, 3.05) is 5.32 Å². The lowest BCUT2D eigenvalue weighted by molar-refractivity contribution is -0.136. The van der Waals surface area contributed by atoms with Gasteiger partial charge in [0.05, 0.1) is 5.69 Å². The Labute approximate surface area is 117 Å². The zero-order valence-electron chi connectivity index (χ0n) is 11.3. The minimum Gasteiger partial charge on any atom is -0.323 e. The van der Waals surface area contributed by atoms with E-state index in [-0.39, 0.29) is 29.3 Å². The highest BCUT2D eigenvalue weighted by Gasteiger charge is 2.41. The molecule has 4 heteroatoms. The molecule has 0 aliphatic heterocycles. The highest BCUT2D eigenvalue weighted by molar-refractivity contribution is 5.95. The largest absolute Gasteiger partial charge is 0.323 e. The summed E-state index contributed by atoms with van der Waals surface area (Å²) < 4.78 is 13.5. The van der Waals surface area contributed by atoms with Crippen molar-refractivity contribution in [3.05, 3.63) is 30.1 Å². The number of halogens is 1. The summed E-state index contributed by atoms with van der Waals surface area (Å²) in [6, 6.07) is 6.17. The first-order chi connectivity index (χ1) is 9.65. The van der Waals surface area contributed by atoms with Crippen LogP contribution in [0.25, 0.3) is 0 Å². The first-order valence-corrected chi connectivity index (χ1v) is 7.24. The van der Waals surface area contributed by atoms with Crippen LogP contribution in [0.1, 0.15) is 32.1 Å². The number of carbonyl (C=O) groups excluding carboxylic acids is 2. The molecule has 3 rings (SSSR count). The number of rotatable bonds is 2. The predicted octanol–water partition coefficient (Wildman–Crippen LogP) is 3.16. The first-order valence-electron chi connectivity index (χ1n) is 7.24. The number of anilines is 1. The van der Waals surface area contributed by atoms with Gasteiger partial charge in [-0.25, -0.2) is 4.39 Å². The topological polar surface area (TPSA) is 46.2 Å². The summed E-state index contributed by atoms with van der Waals surface area (Å²) in [5.74, 6) is -0.320. The molecule has 1 aromatic carbocycles. The van der Waals surface area contributed by atoms with Crippen molar-refractivity contribution in [1.29, 1.82) is 0 Å². The molecule has 3 nitrogen and oxygen atoms in total. The zero-order valence-corrected chi connectivity index (χ0v) is 11.3. The number of para-hydroxylation sites is 1. The van der Waals surface area contributed by atoms with E-state index in [1.165, 1.54) is 6.07 Å². The van der Waals surface area contributed by atoms with Crippen LogP contribution >= 0.6 is 0 Å². The van der Waals surface area contributed by atoms with Gasteiger partial charge in [0, 0.05) is 17.8 Å². The maximum Gasteiger partial charge on any atom is 0.227 e. The van der Waals surface area contributed by atoms with Crippen LogP contribution in [0.15, 0.2) is 24.3 Å². The van der Waals surface area contributed by atoms with Gasteiger partial charge < -0.3 is 5.32 Å². The second kappa shape index (κ2) is 5.35. The van der Waals surface area contributed by atoms with Gasteiger partial charge in [-0.3, -0.25) is 9.59 Å². The van der Waals surface area contributed by atoms with E-state index < -0.39 is 5.82 Å². The Kier molecular flexibility index (Phi) is 3.55. The summed E-state index contributed by atoms with van der Waals surface area (Å²) in [4.78, 5) is 24.3. The predicted molar refractivity (Wildman–Crippen MR) is 73.6 cm³/mol. The third-order valence-corrected chi connectivity index (χ3v) is 4.55. The van der Waals surface area contributed by atoms with E-state index in [1.807, 2.05) is 0 Å².